The molecule has 0 amide bonds. The van der Waals surface area contributed by atoms with Gasteiger partial charge in [-0.2, -0.15) is 0 Å². The summed E-state index contributed by atoms with van der Waals surface area (Å²) >= 11 is 5.50. The maximum atomic E-state index is 5.92. The van der Waals surface area contributed by atoms with Crippen LogP contribution in [0.25, 0.3) is 0 Å². The number of hydrogen-bond acceptors (Lipinski definition) is 4. The highest BCUT2D eigenvalue weighted by atomic mass is 127. The van der Waals surface area contributed by atoms with Crippen molar-refractivity contribution in [3.05, 3.63) is 38.3 Å². The first-order chi connectivity index (χ1) is 8.08. The zero-order valence-electron chi connectivity index (χ0n) is 8.95. The number of aryl methyl sites for hydroxylation is 1. The largest absolute Gasteiger partial charge is 0.435 e. The molecule has 6 heteroatoms. The molecule has 0 aliphatic rings. The summed E-state index contributed by atoms with van der Waals surface area (Å²) in [7, 11) is 0. The molecule has 0 bridgehead atoms. The molecule has 17 heavy (non-hydrogen) atoms. The van der Waals surface area contributed by atoms with E-state index in [0.29, 0.717) is 17.3 Å². The van der Waals surface area contributed by atoms with Crippen molar-refractivity contribution in [2.45, 2.75) is 6.92 Å². The molecule has 0 radical (unpaired) electrons. The predicted octanol–water partition coefficient (Wildman–Crippen LogP) is 3.53. The van der Waals surface area contributed by atoms with Crippen LogP contribution in [0.1, 0.15) is 5.56 Å². The molecule has 1 heterocycles. The van der Waals surface area contributed by atoms with Crippen molar-refractivity contribution in [1.29, 1.82) is 0 Å². The van der Waals surface area contributed by atoms with Crippen LogP contribution in [0.2, 0.25) is 0 Å². The lowest BCUT2D eigenvalue weighted by molar-refractivity contribution is 0.456. The van der Waals surface area contributed by atoms with Gasteiger partial charge in [0.25, 0.3) is 0 Å². The average molecular weight is 406 g/mol. The molecule has 1 aromatic carbocycles. The van der Waals surface area contributed by atoms with Crippen LogP contribution in [0.5, 0.6) is 11.6 Å². The Labute approximate surface area is 121 Å². The van der Waals surface area contributed by atoms with Gasteiger partial charge in [0.2, 0.25) is 5.88 Å². The number of nitrogens with two attached hydrogens (primary N) is 1. The Morgan fingerprint density at radius 3 is 2.82 bits per heavy atom. The van der Waals surface area contributed by atoms with Crippen molar-refractivity contribution in [2.24, 2.45) is 0 Å². The Balaban J connectivity index is 2.40. The van der Waals surface area contributed by atoms with Crippen LogP contribution in [0, 0.1) is 10.5 Å². The van der Waals surface area contributed by atoms with E-state index in [9.17, 15) is 0 Å². The van der Waals surface area contributed by atoms with Crippen LogP contribution in [-0.2, 0) is 0 Å². The quantitative estimate of drug-likeness (QED) is 0.613. The van der Waals surface area contributed by atoms with Gasteiger partial charge >= 0.3 is 0 Å². The lowest BCUT2D eigenvalue weighted by Gasteiger charge is -2.11. The second-order valence-electron chi connectivity index (χ2n) is 3.42. The van der Waals surface area contributed by atoms with Crippen LogP contribution in [0.3, 0.4) is 0 Å². The number of anilines is 1. The van der Waals surface area contributed by atoms with Gasteiger partial charge in [-0.25, -0.2) is 9.97 Å². The lowest BCUT2D eigenvalue weighted by Crippen LogP contribution is -1.98. The van der Waals surface area contributed by atoms with Crippen molar-refractivity contribution in [3.8, 4) is 11.6 Å². The van der Waals surface area contributed by atoms with Crippen LogP contribution in [-0.4, -0.2) is 9.97 Å². The molecule has 0 aliphatic heterocycles. The molecule has 0 spiro atoms. The Kier molecular flexibility index (Phi) is 3.82. The number of halogens is 2. The first-order valence-corrected chi connectivity index (χ1v) is 6.64. The standard InChI is InChI=1S/C11H9BrIN3O/c1-6-2-7(12)3-9(14)10(6)17-11-8(13)4-15-5-16-11/h2-5H,14H2,1H3. The second-order valence-corrected chi connectivity index (χ2v) is 5.50. The van der Waals surface area contributed by atoms with Crippen molar-refractivity contribution in [2.75, 3.05) is 5.73 Å². The lowest BCUT2D eigenvalue weighted by atomic mass is 10.2. The second kappa shape index (κ2) is 5.18. The van der Waals surface area contributed by atoms with Gasteiger partial charge in [0.15, 0.2) is 5.75 Å². The van der Waals surface area contributed by atoms with Gasteiger partial charge in [0.05, 0.1) is 9.26 Å². The van der Waals surface area contributed by atoms with Gasteiger partial charge in [0, 0.05) is 10.7 Å². The van der Waals surface area contributed by atoms with E-state index in [0.717, 1.165) is 13.6 Å². The molecule has 0 fully saturated rings. The summed E-state index contributed by atoms with van der Waals surface area (Å²) in [5.74, 6) is 1.14. The number of nitrogen functional groups attached to an aromatic ring is 1. The zero-order chi connectivity index (χ0) is 12.4. The van der Waals surface area contributed by atoms with Gasteiger partial charge < -0.3 is 10.5 Å². The van der Waals surface area contributed by atoms with Gasteiger partial charge in [-0.1, -0.05) is 15.9 Å². The third-order valence-electron chi connectivity index (χ3n) is 2.10. The minimum absolute atomic E-state index is 0.512. The predicted molar refractivity (Wildman–Crippen MR) is 78.1 cm³/mol. The highest BCUT2D eigenvalue weighted by Crippen LogP contribution is 2.34. The van der Waals surface area contributed by atoms with Crippen molar-refractivity contribution >= 4 is 44.2 Å². The normalized spacial score (nSPS) is 10.3. The van der Waals surface area contributed by atoms with Gasteiger partial charge in [-0.05, 0) is 47.2 Å². The minimum Gasteiger partial charge on any atom is -0.435 e. The molecule has 0 atom stereocenters. The molecular weight excluding hydrogens is 397 g/mol. The fraction of sp³-hybridized carbons (Fsp3) is 0.0909. The number of rotatable bonds is 2. The molecule has 0 saturated heterocycles. The fourth-order valence-corrected chi connectivity index (χ4v) is 2.37. The molecule has 1 aromatic heterocycles. The molecule has 88 valence electrons. The van der Waals surface area contributed by atoms with Gasteiger partial charge in [-0.3, -0.25) is 0 Å². The van der Waals surface area contributed by atoms with E-state index in [4.69, 9.17) is 10.5 Å². The van der Waals surface area contributed by atoms with E-state index < -0.39 is 0 Å². The summed E-state index contributed by atoms with van der Waals surface area (Å²) in [5, 5.41) is 0. The maximum absolute atomic E-state index is 5.92. The van der Waals surface area contributed by atoms with E-state index in [1.807, 2.05) is 13.0 Å². The molecule has 2 aromatic rings. The number of benzene rings is 1. The average Bonchev–Trinajstić information content (AvgIpc) is 2.25. The molecule has 0 unspecified atom stereocenters. The Morgan fingerprint density at radius 1 is 1.41 bits per heavy atom. The Hall–Kier alpha value is -0.890. The summed E-state index contributed by atoms with van der Waals surface area (Å²) < 4.78 is 7.49. The summed E-state index contributed by atoms with van der Waals surface area (Å²) in [6.45, 7) is 1.94. The number of nitrogens with zero attached hydrogens (tertiary/aromatic N) is 2. The van der Waals surface area contributed by atoms with Gasteiger partial charge in [-0.15, -0.1) is 0 Å². The topological polar surface area (TPSA) is 61.0 Å². The monoisotopic (exact) mass is 405 g/mol. The van der Waals surface area contributed by atoms with Crippen molar-refractivity contribution < 1.29 is 4.74 Å². The van der Waals surface area contributed by atoms with E-state index >= 15 is 0 Å². The van der Waals surface area contributed by atoms with Crippen LogP contribution in [0.4, 0.5) is 5.69 Å². The van der Waals surface area contributed by atoms with Crippen molar-refractivity contribution in [3.63, 3.8) is 0 Å². The zero-order valence-corrected chi connectivity index (χ0v) is 12.7. The number of hydrogen-bond donors (Lipinski definition) is 1. The fourth-order valence-electron chi connectivity index (χ4n) is 1.37. The van der Waals surface area contributed by atoms with Crippen LogP contribution in [0.15, 0.2) is 29.1 Å². The third kappa shape index (κ3) is 2.86. The molecular formula is C11H9BrIN3O. The smallest absolute Gasteiger partial charge is 0.235 e. The van der Waals surface area contributed by atoms with E-state index in [-0.39, 0.29) is 0 Å². The number of ether oxygens (including phenoxy) is 1. The molecule has 2 N–H and O–H groups in total. The van der Waals surface area contributed by atoms with E-state index in [1.165, 1.54) is 6.33 Å². The van der Waals surface area contributed by atoms with Crippen molar-refractivity contribution in [1.82, 2.24) is 9.97 Å². The highest BCUT2D eigenvalue weighted by Gasteiger charge is 2.10. The minimum atomic E-state index is 0.512. The first kappa shape index (κ1) is 12.6. The Bertz CT molecular complexity index is 539. The SMILES string of the molecule is Cc1cc(Br)cc(N)c1Oc1ncncc1I. The Morgan fingerprint density at radius 2 is 2.18 bits per heavy atom. The first-order valence-electron chi connectivity index (χ1n) is 4.77. The van der Waals surface area contributed by atoms with Gasteiger partial charge in [0.1, 0.15) is 6.33 Å². The third-order valence-corrected chi connectivity index (χ3v) is 3.30. The summed E-state index contributed by atoms with van der Waals surface area (Å²) in [6.07, 6.45) is 3.13. The van der Waals surface area contributed by atoms with E-state index in [2.05, 4.69) is 48.5 Å². The summed E-state index contributed by atoms with van der Waals surface area (Å²) in [4.78, 5) is 7.98. The molecule has 2 rings (SSSR count). The highest BCUT2D eigenvalue weighted by molar-refractivity contribution is 14.1. The molecule has 0 aliphatic carbocycles. The summed E-state index contributed by atoms with van der Waals surface area (Å²) in [5.41, 5.74) is 7.44. The van der Waals surface area contributed by atoms with Crippen LogP contribution >= 0.6 is 38.5 Å². The number of aromatic nitrogens is 2. The van der Waals surface area contributed by atoms with Crippen LogP contribution < -0.4 is 10.5 Å². The maximum Gasteiger partial charge on any atom is 0.235 e. The van der Waals surface area contributed by atoms with E-state index in [1.54, 1.807) is 12.3 Å². The molecule has 0 saturated carbocycles. The summed E-state index contributed by atoms with van der Waals surface area (Å²) in [6, 6.07) is 3.75. The molecule has 4 nitrogen and oxygen atoms in total.